The van der Waals surface area contributed by atoms with Crippen molar-refractivity contribution in [1.29, 1.82) is 0 Å². The summed E-state index contributed by atoms with van der Waals surface area (Å²) < 4.78 is 15.6. The second kappa shape index (κ2) is 8.52. The van der Waals surface area contributed by atoms with Crippen LogP contribution < -0.4 is 14.3 Å². The molecule has 8 atom stereocenters. The number of H-pyrrole nitrogens is 1. The summed E-state index contributed by atoms with van der Waals surface area (Å²) in [7, 11) is 4.16. The number of aromatic amines is 1. The van der Waals surface area contributed by atoms with Crippen LogP contribution in [0.15, 0.2) is 22.0 Å². The van der Waals surface area contributed by atoms with E-state index < -0.39 is 23.8 Å². The van der Waals surface area contributed by atoms with Crippen LogP contribution in [0.3, 0.4) is 0 Å². The van der Waals surface area contributed by atoms with Crippen molar-refractivity contribution in [2.24, 2.45) is 29.6 Å². The minimum atomic E-state index is -0.982. The summed E-state index contributed by atoms with van der Waals surface area (Å²) in [5.41, 5.74) is 0.805. The Labute approximate surface area is 220 Å². The molecular weight excluding hydrogens is 520 g/mol. The summed E-state index contributed by atoms with van der Waals surface area (Å²) >= 11 is 2.71. The first-order valence-corrected chi connectivity index (χ1v) is 13.7. The molecule has 2 bridgehead atoms. The highest BCUT2D eigenvalue weighted by Crippen LogP contribution is 2.69. The topological polar surface area (TPSA) is 135 Å². The Kier molecular flexibility index (Phi) is 5.61. The monoisotopic (exact) mass is 546 g/mol. The number of fused-ring (bicyclic) bond motifs is 9. The van der Waals surface area contributed by atoms with Crippen LogP contribution in [0.2, 0.25) is 0 Å². The summed E-state index contributed by atoms with van der Waals surface area (Å²) in [6, 6.07) is 2.52. The van der Waals surface area contributed by atoms with Crippen LogP contribution in [0.25, 0.3) is 0 Å². The highest BCUT2D eigenvalue weighted by atomic mass is 32.2. The van der Waals surface area contributed by atoms with Gasteiger partial charge in [-0.3, -0.25) is 19.3 Å². The number of amides is 2. The maximum Gasteiger partial charge on any atom is 0.328 e. The molecule has 6 rings (SSSR count). The van der Waals surface area contributed by atoms with Crippen molar-refractivity contribution in [3.05, 3.63) is 32.2 Å². The maximum absolute atomic E-state index is 13.6. The molecule has 8 unspecified atom stereocenters. The Bertz CT molecular complexity index is 1360. The summed E-state index contributed by atoms with van der Waals surface area (Å²) in [6.45, 7) is 1.52. The van der Waals surface area contributed by atoms with Crippen molar-refractivity contribution >= 4 is 40.9 Å². The number of aromatic hydroxyl groups is 1. The zero-order valence-corrected chi connectivity index (χ0v) is 22.2. The molecule has 0 radical (unpaired) electrons. The Morgan fingerprint density at radius 3 is 2.30 bits per heavy atom. The Balaban J connectivity index is 1.46. The molecule has 0 spiro atoms. The number of carbonyl (C=O) groups is 3. The number of thioether (sulfide) groups is 1. The molecule has 1 saturated heterocycles. The molecule has 3 heterocycles. The van der Waals surface area contributed by atoms with Crippen molar-refractivity contribution in [2.75, 3.05) is 21.3 Å². The molecule has 2 aliphatic carbocycles. The molecule has 2 N–H and O–H groups in total. The molecule has 12 heteroatoms. The first kappa shape index (κ1) is 24.4. The van der Waals surface area contributed by atoms with E-state index in [1.165, 1.54) is 28.3 Å². The van der Waals surface area contributed by atoms with Gasteiger partial charge in [0.05, 0.1) is 38.2 Å². The van der Waals surface area contributed by atoms with Crippen LogP contribution >= 0.6 is 23.1 Å². The van der Waals surface area contributed by atoms with Crippen molar-refractivity contribution in [2.45, 2.75) is 35.6 Å². The molecular formula is C25H26N2O8S2. The Morgan fingerprint density at radius 2 is 1.70 bits per heavy atom. The number of phenolic OH excluding ortho intramolecular Hbond substituents is 1. The molecule has 2 amide bonds. The molecule has 196 valence electrons. The van der Waals surface area contributed by atoms with E-state index in [0.29, 0.717) is 0 Å². The smallest absolute Gasteiger partial charge is 0.328 e. The number of ether oxygens (including phenoxy) is 3. The second-order valence-electron chi connectivity index (χ2n) is 9.98. The highest BCUT2D eigenvalue weighted by molar-refractivity contribution is 8.00. The lowest BCUT2D eigenvalue weighted by Gasteiger charge is -2.43. The van der Waals surface area contributed by atoms with Gasteiger partial charge in [-0.2, -0.15) is 0 Å². The molecule has 4 aliphatic rings. The predicted octanol–water partition coefficient (Wildman–Crippen LogP) is 2.19. The number of nitrogens with zero attached hydrogens (tertiary/aromatic N) is 1. The van der Waals surface area contributed by atoms with Gasteiger partial charge in [-0.15, -0.1) is 11.8 Å². The number of methoxy groups -OCH3 is 3. The SMILES string of the molecule is COC(=O)C(C)N1C(=O)C2C3CC(C2C1=O)C1C(c2cc(OC)c(O)c(OC)c2)c2sc(=O)[nH]c2SC31. The van der Waals surface area contributed by atoms with Gasteiger partial charge < -0.3 is 24.3 Å². The molecule has 2 saturated carbocycles. The molecule has 3 fully saturated rings. The van der Waals surface area contributed by atoms with Gasteiger partial charge in [0.15, 0.2) is 11.5 Å². The standard InChI is InChI=1S/C25H26N2O8S2/c1-8(24(31)35-4)27-22(29)16-10-7-11(17(16)23(27)30)19-15(10)14(20-21(36-19)26-25(32)37-20)9-5-12(33-2)18(28)13(6-9)34-3/h5-6,8,10-11,14-17,19,28H,7H2,1-4H3,(H,26,32). The molecule has 10 nitrogen and oxygen atoms in total. The fourth-order valence-corrected chi connectivity index (χ4v) is 10.1. The van der Waals surface area contributed by atoms with Gasteiger partial charge >= 0.3 is 10.8 Å². The van der Waals surface area contributed by atoms with E-state index in [1.807, 2.05) is 0 Å². The third-order valence-electron chi connectivity index (χ3n) is 8.55. The van der Waals surface area contributed by atoms with Crippen LogP contribution in [-0.4, -0.2) is 65.4 Å². The van der Waals surface area contributed by atoms with E-state index in [2.05, 4.69) is 4.98 Å². The van der Waals surface area contributed by atoms with Gasteiger partial charge in [0, 0.05) is 16.0 Å². The van der Waals surface area contributed by atoms with E-state index >= 15 is 0 Å². The molecule has 1 aromatic heterocycles. The Morgan fingerprint density at radius 1 is 1.08 bits per heavy atom. The number of phenols is 1. The van der Waals surface area contributed by atoms with Gasteiger partial charge in [0.1, 0.15) is 6.04 Å². The van der Waals surface area contributed by atoms with Gasteiger partial charge in [0.2, 0.25) is 17.6 Å². The number of hydrogen-bond donors (Lipinski definition) is 2. The van der Waals surface area contributed by atoms with Gasteiger partial charge in [-0.25, -0.2) is 4.79 Å². The van der Waals surface area contributed by atoms with Crippen molar-refractivity contribution in [3.63, 3.8) is 0 Å². The van der Waals surface area contributed by atoms with Gasteiger partial charge in [-0.1, -0.05) is 11.3 Å². The normalized spacial score (nSPS) is 32.1. The summed E-state index contributed by atoms with van der Waals surface area (Å²) in [4.78, 5) is 56.5. The summed E-state index contributed by atoms with van der Waals surface area (Å²) in [5.74, 6) is -2.38. The maximum atomic E-state index is 13.6. The third-order valence-corrected chi connectivity index (χ3v) is 11.1. The number of aromatic nitrogens is 1. The summed E-state index contributed by atoms with van der Waals surface area (Å²) in [6.07, 6.45) is 0.720. The number of carbonyl (C=O) groups excluding carboxylic acids is 3. The van der Waals surface area contributed by atoms with Crippen molar-refractivity contribution in [1.82, 2.24) is 9.88 Å². The summed E-state index contributed by atoms with van der Waals surface area (Å²) in [5, 5.41) is 11.3. The Hall–Kier alpha value is -2.99. The first-order chi connectivity index (χ1) is 17.7. The average molecular weight is 547 g/mol. The minimum Gasteiger partial charge on any atom is -0.502 e. The van der Waals surface area contributed by atoms with E-state index in [1.54, 1.807) is 23.9 Å². The van der Waals surface area contributed by atoms with Crippen LogP contribution in [-0.2, 0) is 19.1 Å². The van der Waals surface area contributed by atoms with Gasteiger partial charge in [-0.05, 0) is 48.8 Å². The number of rotatable bonds is 5. The quantitative estimate of drug-likeness (QED) is 0.427. The molecule has 37 heavy (non-hydrogen) atoms. The first-order valence-electron chi connectivity index (χ1n) is 12.0. The molecule has 2 aromatic rings. The molecule has 1 aromatic carbocycles. The van der Waals surface area contributed by atoms with Crippen molar-refractivity contribution in [3.8, 4) is 17.2 Å². The minimum absolute atomic E-state index is 0.00933. The van der Waals surface area contributed by atoms with Crippen LogP contribution in [0.1, 0.15) is 29.7 Å². The average Bonchev–Trinajstić information content (AvgIpc) is 3.62. The zero-order valence-electron chi connectivity index (χ0n) is 20.5. The lowest BCUT2D eigenvalue weighted by molar-refractivity contribution is -0.156. The fraction of sp³-hybridized carbons (Fsp3) is 0.520. The molecule has 2 aliphatic heterocycles. The van der Waals surface area contributed by atoms with E-state index in [-0.39, 0.29) is 62.9 Å². The third kappa shape index (κ3) is 3.24. The number of esters is 1. The largest absolute Gasteiger partial charge is 0.502 e. The number of benzene rings is 1. The van der Waals surface area contributed by atoms with Crippen molar-refractivity contribution < 1.29 is 33.7 Å². The van der Waals surface area contributed by atoms with E-state index in [0.717, 1.165) is 38.1 Å². The van der Waals surface area contributed by atoms with E-state index in [4.69, 9.17) is 14.2 Å². The van der Waals surface area contributed by atoms with Crippen LogP contribution in [0.4, 0.5) is 0 Å². The van der Waals surface area contributed by atoms with Crippen LogP contribution in [0, 0.1) is 29.6 Å². The second-order valence-corrected chi connectivity index (χ2v) is 12.2. The number of imide groups is 1. The highest BCUT2D eigenvalue weighted by Gasteiger charge is 2.70. The fourth-order valence-electron chi connectivity index (χ4n) is 7.16. The zero-order chi connectivity index (χ0) is 26.3. The number of hydrogen-bond acceptors (Lipinski definition) is 10. The lowest BCUT2D eigenvalue weighted by Crippen LogP contribution is -2.45. The van der Waals surface area contributed by atoms with Gasteiger partial charge in [0.25, 0.3) is 0 Å². The predicted molar refractivity (Wildman–Crippen MR) is 133 cm³/mol. The lowest BCUT2D eigenvalue weighted by atomic mass is 9.68. The number of thiazole rings is 1. The van der Waals surface area contributed by atoms with E-state index in [9.17, 15) is 24.3 Å². The number of nitrogens with one attached hydrogen (secondary N) is 1. The number of likely N-dealkylation sites (tertiary alicyclic amines) is 1. The van der Waals surface area contributed by atoms with Crippen LogP contribution in [0.5, 0.6) is 17.2 Å².